The molecule has 0 atom stereocenters. The molecule has 5 rings (SSSR count). The third-order valence-electron chi connectivity index (χ3n) is 6.70. The second-order valence-electron chi connectivity index (χ2n) is 9.78. The van der Waals surface area contributed by atoms with Gasteiger partial charge in [0.25, 0.3) is 0 Å². The van der Waals surface area contributed by atoms with E-state index in [9.17, 15) is 30.7 Å². The fraction of sp³-hybridized carbons (Fsp3) is 0.118. The summed E-state index contributed by atoms with van der Waals surface area (Å²) in [6, 6.07) is 19.9. The van der Waals surface area contributed by atoms with Crippen molar-refractivity contribution in [3.8, 4) is 44.9 Å². The molecule has 10 heteroatoms. The molecule has 0 saturated heterocycles. The lowest BCUT2D eigenvalue weighted by atomic mass is 9.97. The third kappa shape index (κ3) is 6.39. The molecule has 5 aromatic rings. The molecule has 0 aromatic heterocycles. The normalized spacial score (nSPS) is 11.5. The van der Waals surface area contributed by atoms with Gasteiger partial charge in [-0.05, 0) is 64.6 Å². The maximum absolute atomic E-state index is 15.2. The smallest absolute Gasteiger partial charge is 0.432 e. The molecule has 0 unspecified atom stereocenters. The quantitative estimate of drug-likeness (QED) is 0.122. The zero-order chi connectivity index (χ0) is 31.6. The van der Waals surface area contributed by atoms with Gasteiger partial charge in [-0.25, -0.2) is 26.3 Å². The van der Waals surface area contributed by atoms with E-state index >= 15 is 4.39 Å². The summed E-state index contributed by atoms with van der Waals surface area (Å²) in [5, 5.41) is 0. The van der Waals surface area contributed by atoms with E-state index in [0.29, 0.717) is 29.9 Å². The van der Waals surface area contributed by atoms with Crippen LogP contribution in [0.5, 0.6) is 11.5 Å². The van der Waals surface area contributed by atoms with Gasteiger partial charge in [0.05, 0.1) is 6.61 Å². The van der Waals surface area contributed by atoms with Crippen molar-refractivity contribution in [2.45, 2.75) is 19.5 Å². The van der Waals surface area contributed by atoms with Gasteiger partial charge in [0.15, 0.2) is 17.5 Å². The minimum Gasteiger partial charge on any atom is -0.494 e. The first-order chi connectivity index (χ1) is 21.0. The van der Waals surface area contributed by atoms with Crippen LogP contribution in [0.1, 0.15) is 18.9 Å². The van der Waals surface area contributed by atoms with Crippen molar-refractivity contribution < 1.29 is 44.6 Å². The Bertz CT molecular complexity index is 1760. The predicted octanol–water partition coefficient (Wildman–Crippen LogP) is 10.4. The van der Waals surface area contributed by atoms with Crippen LogP contribution in [0.2, 0.25) is 0 Å². The zero-order valence-corrected chi connectivity index (χ0v) is 22.9. The summed E-state index contributed by atoms with van der Waals surface area (Å²) in [6.45, 7) is 2.64. The van der Waals surface area contributed by atoms with Crippen LogP contribution >= 0.6 is 0 Å². The number of rotatable bonds is 9. The summed E-state index contributed by atoms with van der Waals surface area (Å²) in [5.41, 5.74) is 0.428. The number of hydrogen-bond donors (Lipinski definition) is 0. The Labute approximate surface area is 247 Å². The molecule has 0 radical (unpaired) electrons. The second-order valence-corrected chi connectivity index (χ2v) is 9.78. The van der Waals surface area contributed by atoms with Crippen LogP contribution in [-0.2, 0) is 6.11 Å². The van der Waals surface area contributed by atoms with Crippen molar-refractivity contribution >= 4 is 0 Å². The molecule has 0 fully saturated rings. The maximum Gasteiger partial charge on any atom is 0.432 e. The third-order valence-corrected chi connectivity index (χ3v) is 6.70. The van der Waals surface area contributed by atoms with Gasteiger partial charge in [0.1, 0.15) is 34.5 Å². The van der Waals surface area contributed by atoms with Crippen molar-refractivity contribution in [3.63, 3.8) is 0 Å². The predicted molar refractivity (Wildman–Crippen MR) is 149 cm³/mol. The number of benzene rings is 5. The molecule has 2 nitrogen and oxygen atoms in total. The molecule has 0 aliphatic heterocycles. The Kier molecular flexibility index (Phi) is 8.62. The molecule has 0 heterocycles. The summed E-state index contributed by atoms with van der Waals surface area (Å²) >= 11 is 0. The van der Waals surface area contributed by atoms with Crippen LogP contribution in [0.3, 0.4) is 0 Å². The van der Waals surface area contributed by atoms with Crippen LogP contribution in [-0.4, -0.2) is 6.61 Å². The van der Waals surface area contributed by atoms with E-state index < -0.39 is 52.3 Å². The summed E-state index contributed by atoms with van der Waals surface area (Å²) in [4.78, 5) is 0. The van der Waals surface area contributed by atoms with Crippen LogP contribution < -0.4 is 9.47 Å². The molecule has 5 aromatic carbocycles. The molecule has 0 saturated carbocycles. The summed E-state index contributed by atoms with van der Waals surface area (Å²) in [6.07, 6.45) is -3.86. The minimum absolute atomic E-state index is 0.0993. The highest BCUT2D eigenvalue weighted by Gasteiger charge is 2.41. The van der Waals surface area contributed by atoms with Crippen molar-refractivity contribution in [1.29, 1.82) is 0 Å². The van der Waals surface area contributed by atoms with Gasteiger partial charge in [0.2, 0.25) is 0 Å². The summed E-state index contributed by atoms with van der Waals surface area (Å²) < 4.78 is 124. The first-order valence-corrected chi connectivity index (χ1v) is 13.3. The highest BCUT2D eigenvalue weighted by Crippen LogP contribution is 2.38. The Morgan fingerprint density at radius 2 is 1.00 bits per heavy atom. The molecule has 0 bridgehead atoms. The lowest BCUT2D eigenvalue weighted by Crippen LogP contribution is -2.25. The molecule has 0 N–H and O–H groups in total. The number of alkyl halides is 2. The average Bonchev–Trinajstić information content (AvgIpc) is 2.98. The van der Waals surface area contributed by atoms with E-state index in [2.05, 4.69) is 4.74 Å². The maximum atomic E-state index is 15.2. The lowest BCUT2D eigenvalue weighted by Gasteiger charge is -2.20. The fourth-order valence-electron chi connectivity index (χ4n) is 4.54. The van der Waals surface area contributed by atoms with Crippen LogP contribution in [0, 0.1) is 34.9 Å². The van der Waals surface area contributed by atoms with E-state index in [1.165, 1.54) is 12.1 Å². The van der Waals surface area contributed by atoms with Crippen molar-refractivity contribution in [3.05, 3.63) is 131 Å². The SMILES string of the molecule is CCCOc1ccc(-c2ccc(-c3ccc(-c4cc(F)c(C(F)(F)Oc5cc(F)c(F)c(F)c5)c(F)c4)c(F)c3)cc2)cc1. The molecule has 0 spiro atoms. The molecule has 0 aliphatic carbocycles. The van der Waals surface area contributed by atoms with Gasteiger partial charge in [-0.1, -0.05) is 55.5 Å². The summed E-state index contributed by atoms with van der Waals surface area (Å²) in [7, 11) is 0. The molecular weight excluding hydrogens is 592 g/mol. The van der Waals surface area contributed by atoms with E-state index in [1.807, 2.05) is 43.3 Å². The van der Waals surface area contributed by atoms with Crippen molar-refractivity contribution in [2.24, 2.45) is 0 Å². The van der Waals surface area contributed by atoms with Crippen molar-refractivity contribution in [1.82, 2.24) is 0 Å². The molecule has 226 valence electrons. The number of ether oxygens (including phenoxy) is 2. The van der Waals surface area contributed by atoms with E-state index in [4.69, 9.17) is 4.74 Å². The van der Waals surface area contributed by atoms with Crippen LogP contribution in [0.25, 0.3) is 33.4 Å². The lowest BCUT2D eigenvalue weighted by molar-refractivity contribution is -0.189. The topological polar surface area (TPSA) is 18.5 Å². The Hall–Kier alpha value is -4.86. The molecule has 44 heavy (non-hydrogen) atoms. The first kappa shape index (κ1) is 30.6. The van der Waals surface area contributed by atoms with Gasteiger partial charge in [-0.15, -0.1) is 0 Å². The Balaban J connectivity index is 1.36. The summed E-state index contributed by atoms with van der Waals surface area (Å²) in [5.74, 6) is -10.6. The first-order valence-electron chi connectivity index (χ1n) is 13.3. The number of hydrogen-bond acceptors (Lipinski definition) is 2. The zero-order valence-electron chi connectivity index (χ0n) is 22.9. The largest absolute Gasteiger partial charge is 0.494 e. The van der Waals surface area contributed by atoms with Gasteiger partial charge < -0.3 is 9.47 Å². The van der Waals surface area contributed by atoms with Gasteiger partial charge in [0, 0.05) is 17.7 Å². The standard InChI is InChI=1S/C34H22F8O2/c1-2-13-43-24-10-7-20(8-11-24)19-3-5-21(6-4-19)22-9-12-26(27(35)14-22)23-15-28(36)32(29(37)16-23)34(41,42)44-25-17-30(38)33(40)31(39)18-25/h3-12,14-18H,2,13H2,1H3. The van der Waals surface area contributed by atoms with E-state index in [0.717, 1.165) is 29.4 Å². The number of halogens is 8. The monoisotopic (exact) mass is 614 g/mol. The Morgan fingerprint density at radius 3 is 1.52 bits per heavy atom. The second kappa shape index (κ2) is 12.4. The molecule has 0 amide bonds. The molecule has 0 aliphatic rings. The molecular formula is C34H22F8O2. The minimum atomic E-state index is -4.76. The van der Waals surface area contributed by atoms with Crippen molar-refractivity contribution in [2.75, 3.05) is 6.61 Å². The van der Waals surface area contributed by atoms with Crippen LogP contribution in [0.15, 0.2) is 91.0 Å². The van der Waals surface area contributed by atoms with E-state index in [1.54, 1.807) is 12.1 Å². The van der Waals surface area contributed by atoms with Gasteiger partial charge >= 0.3 is 6.11 Å². The average molecular weight is 615 g/mol. The Morgan fingerprint density at radius 1 is 0.523 bits per heavy atom. The fourth-order valence-corrected chi connectivity index (χ4v) is 4.54. The highest BCUT2D eigenvalue weighted by molar-refractivity contribution is 5.74. The van der Waals surface area contributed by atoms with E-state index in [-0.39, 0.29) is 23.3 Å². The van der Waals surface area contributed by atoms with Gasteiger partial charge in [-0.3, -0.25) is 0 Å². The van der Waals surface area contributed by atoms with Crippen LogP contribution in [0.4, 0.5) is 35.1 Å². The highest BCUT2D eigenvalue weighted by atomic mass is 19.3. The van der Waals surface area contributed by atoms with Gasteiger partial charge in [-0.2, -0.15) is 8.78 Å².